The highest BCUT2D eigenvalue weighted by molar-refractivity contribution is 5.95. The molecule has 4 rings (SSSR count). The van der Waals surface area contributed by atoms with Crippen LogP contribution in [0.5, 0.6) is 0 Å². The van der Waals surface area contributed by atoms with Crippen molar-refractivity contribution in [1.82, 2.24) is 4.90 Å². The lowest BCUT2D eigenvalue weighted by molar-refractivity contribution is 0.357. The van der Waals surface area contributed by atoms with Crippen LogP contribution in [0.25, 0.3) is 11.1 Å². The summed E-state index contributed by atoms with van der Waals surface area (Å²) in [4.78, 5) is 2.44. The first-order valence-corrected chi connectivity index (χ1v) is 8.90. The van der Waals surface area contributed by atoms with E-state index in [4.69, 9.17) is 0 Å². The molecular weight excluding hydrogens is 302 g/mol. The van der Waals surface area contributed by atoms with Crippen LogP contribution in [-0.2, 0) is 0 Å². The van der Waals surface area contributed by atoms with E-state index in [0.717, 1.165) is 13.1 Å². The summed E-state index contributed by atoms with van der Waals surface area (Å²) in [7, 11) is 2.22. The van der Waals surface area contributed by atoms with Crippen LogP contribution in [0.3, 0.4) is 0 Å². The molecular formula is C24H23N. The molecule has 0 saturated heterocycles. The second-order valence-electron chi connectivity index (χ2n) is 6.78. The third kappa shape index (κ3) is 3.29. The van der Waals surface area contributed by atoms with Gasteiger partial charge in [-0.25, -0.2) is 0 Å². The zero-order chi connectivity index (χ0) is 17.1. The summed E-state index contributed by atoms with van der Waals surface area (Å²) in [6.07, 6.45) is 0. The molecule has 1 nitrogen and oxygen atoms in total. The summed E-state index contributed by atoms with van der Waals surface area (Å²) in [5.41, 5.74) is 6.96. The van der Waals surface area contributed by atoms with Crippen LogP contribution >= 0.6 is 0 Å². The van der Waals surface area contributed by atoms with Gasteiger partial charge in [0.2, 0.25) is 0 Å². The van der Waals surface area contributed by atoms with Gasteiger partial charge in [-0.3, -0.25) is 0 Å². The van der Waals surface area contributed by atoms with Gasteiger partial charge in [0.05, 0.1) is 0 Å². The molecule has 1 heteroatoms. The van der Waals surface area contributed by atoms with E-state index in [9.17, 15) is 0 Å². The van der Waals surface area contributed by atoms with Gasteiger partial charge >= 0.3 is 0 Å². The lowest BCUT2D eigenvalue weighted by Gasteiger charge is -2.35. The van der Waals surface area contributed by atoms with E-state index in [1.54, 1.807) is 0 Å². The molecule has 124 valence electrons. The molecule has 0 bridgehead atoms. The highest BCUT2D eigenvalue weighted by Gasteiger charge is 2.28. The minimum Gasteiger partial charge on any atom is -0.301 e. The average Bonchev–Trinajstić information content (AvgIpc) is 2.69. The summed E-state index contributed by atoms with van der Waals surface area (Å²) in [5, 5.41) is 0. The Labute approximate surface area is 150 Å². The van der Waals surface area contributed by atoms with Gasteiger partial charge in [-0.2, -0.15) is 0 Å². The summed E-state index contributed by atoms with van der Waals surface area (Å²) >= 11 is 0. The molecule has 0 spiro atoms. The van der Waals surface area contributed by atoms with Gasteiger partial charge in [-0.1, -0.05) is 91.0 Å². The van der Waals surface area contributed by atoms with E-state index in [-0.39, 0.29) is 0 Å². The van der Waals surface area contributed by atoms with Crippen molar-refractivity contribution in [3.63, 3.8) is 0 Å². The molecule has 1 atom stereocenters. The Bertz CT molecular complexity index is 850. The van der Waals surface area contributed by atoms with Crippen LogP contribution in [-0.4, -0.2) is 25.0 Å². The maximum absolute atomic E-state index is 2.44. The minimum atomic E-state index is 0.387. The van der Waals surface area contributed by atoms with Crippen molar-refractivity contribution in [2.75, 3.05) is 20.1 Å². The molecule has 1 aliphatic heterocycles. The Morgan fingerprint density at radius 1 is 0.680 bits per heavy atom. The second kappa shape index (κ2) is 7.08. The van der Waals surface area contributed by atoms with Crippen molar-refractivity contribution in [2.24, 2.45) is 0 Å². The first kappa shape index (κ1) is 15.9. The van der Waals surface area contributed by atoms with Crippen LogP contribution in [0, 0.1) is 0 Å². The monoisotopic (exact) mass is 325 g/mol. The molecule has 3 aromatic carbocycles. The highest BCUT2D eigenvalue weighted by Crippen LogP contribution is 2.41. The van der Waals surface area contributed by atoms with Crippen LogP contribution in [0.2, 0.25) is 0 Å². The van der Waals surface area contributed by atoms with Crippen LogP contribution in [0.1, 0.15) is 22.6 Å². The summed E-state index contributed by atoms with van der Waals surface area (Å²) in [6.45, 7) is 2.03. The van der Waals surface area contributed by atoms with Gasteiger partial charge in [0, 0.05) is 19.0 Å². The van der Waals surface area contributed by atoms with Crippen molar-refractivity contribution in [3.05, 3.63) is 108 Å². The van der Waals surface area contributed by atoms with Crippen LogP contribution in [0.15, 0.2) is 91.0 Å². The van der Waals surface area contributed by atoms with Crippen molar-refractivity contribution in [3.8, 4) is 0 Å². The molecule has 3 aromatic rings. The van der Waals surface area contributed by atoms with Crippen molar-refractivity contribution in [1.29, 1.82) is 0 Å². The second-order valence-corrected chi connectivity index (χ2v) is 6.78. The van der Waals surface area contributed by atoms with E-state index in [0.29, 0.717) is 5.92 Å². The summed E-state index contributed by atoms with van der Waals surface area (Å²) < 4.78 is 0. The molecule has 0 aliphatic carbocycles. The summed E-state index contributed by atoms with van der Waals surface area (Å²) in [5.74, 6) is 0.387. The third-order valence-electron chi connectivity index (χ3n) is 5.00. The molecule has 0 saturated carbocycles. The van der Waals surface area contributed by atoms with Crippen molar-refractivity contribution >= 4 is 11.1 Å². The fourth-order valence-corrected chi connectivity index (χ4v) is 3.87. The quantitative estimate of drug-likeness (QED) is 0.629. The fraction of sp³-hybridized carbons (Fsp3) is 0.167. The van der Waals surface area contributed by atoms with Crippen LogP contribution < -0.4 is 0 Å². The maximum atomic E-state index is 2.44. The van der Waals surface area contributed by atoms with E-state index in [2.05, 4.69) is 103 Å². The van der Waals surface area contributed by atoms with E-state index < -0.39 is 0 Å². The molecule has 0 radical (unpaired) electrons. The smallest absolute Gasteiger partial charge is 0.0240 e. The molecule has 1 unspecified atom stereocenters. The van der Waals surface area contributed by atoms with E-state index in [1.165, 1.54) is 27.8 Å². The van der Waals surface area contributed by atoms with E-state index >= 15 is 0 Å². The third-order valence-corrected chi connectivity index (χ3v) is 5.00. The molecule has 0 aromatic heterocycles. The number of benzene rings is 3. The van der Waals surface area contributed by atoms with Gasteiger partial charge < -0.3 is 4.90 Å². The normalized spacial score (nSPS) is 18.4. The Morgan fingerprint density at radius 3 is 1.80 bits per heavy atom. The lowest BCUT2D eigenvalue weighted by atomic mass is 9.79. The standard InChI is InChI=1S/C24H23N/c1-25-17-22(19-11-5-2-6-12-19)24(21-15-9-4-10-16-21)23(18-25)20-13-7-3-8-14-20/h2-16,22H,17-18H2,1H3. The van der Waals surface area contributed by atoms with Gasteiger partial charge in [0.1, 0.15) is 0 Å². The first-order valence-electron chi connectivity index (χ1n) is 8.90. The molecule has 1 aliphatic rings. The zero-order valence-electron chi connectivity index (χ0n) is 14.6. The van der Waals surface area contributed by atoms with Gasteiger partial charge in [-0.15, -0.1) is 0 Å². The van der Waals surface area contributed by atoms with Crippen molar-refractivity contribution < 1.29 is 0 Å². The fourth-order valence-electron chi connectivity index (χ4n) is 3.87. The topological polar surface area (TPSA) is 3.24 Å². The van der Waals surface area contributed by atoms with Crippen molar-refractivity contribution in [2.45, 2.75) is 5.92 Å². The predicted octanol–water partition coefficient (Wildman–Crippen LogP) is 5.33. The summed E-state index contributed by atoms with van der Waals surface area (Å²) in [6, 6.07) is 32.6. The molecule has 1 heterocycles. The predicted molar refractivity (Wildman–Crippen MR) is 106 cm³/mol. The number of rotatable bonds is 3. The minimum absolute atomic E-state index is 0.387. The SMILES string of the molecule is CN1CC(c2ccccc2)=C(c2ccccc2)C(c2ccccc2)C1. The Kier molecular flexibility index (Phi) is 4.49. The Morgan fingerprint density at radius 2 is 1.20 bits per heavy atom. The largest absolute Gasteiger partial charge is 0.301 e. The maximum Gasteiger partial charge on any atom is 0.0240 e. The molecule has 25 heavy (non-hydrogen) atoms. The van der Waals surface area contributed by atoms with Crippen LogP contribution in [0.4, 0.5) is 0 Å². The number of hydrogen-bond acceptors (Lipinski definition) is 1. The first-order chi connectivity index (χ1) is 12.3. The lowest BCUT2D eigenvalue weighted by Crippen LogP contribution is -2.32. The van der Waals surface area contributed by atoms with Gasteiger partial charge in [0.25, 0.3) is 0 Å². The number of hydrogen-bond donors (Lipinski definition) is 0. The van der Waals surface area contributed by atoms with E-state index in [1.807, 2.05) is 0 Å². The highest BCUT2D eigenvalue weighted by atomic mass is 15.1. The Balaban J connectivity index is 1.94. The number of nitrogens with zero attached hydrogens (tertiary/aromatic N) is 1. The average molecular weight is 325 g/mol. The van der Waals surface area contributed by atoms with Gasteiger partial charge in [0.15, 0.2) is 0 Å². The Hall–Kier alpha value is -2.64. The molecule has 0 N–H and O–H groups in total. The number of likely N-dealkylation sites (N-methyl/N-ethyl adjacent to an activating group) is 1. The molecule has 0 amide bonds. The zero-order valence-corrected chi connectivity index (χ0v) is 14.6. The molecule has 0 fully saturated rings. The van der Waals surface area contributed by atoms with Gasteiger partial charge in [-0.05, 0) is 34.9 Å².